The molecule has 1 aromatic rings. The zero-order valence-electron chi connectivity index (χ0n) is 10.6. The summed E-state index contributed by atoms with van der Waals surface area (Å²) in [7, 11) is 0. The lowest BCUT2D eigenvalue weighted by Crippen LogP contribution is -2.21. The lowest BCUT2D eigenvalue weighted by Gasteiger charge is -2.10. The van der Waals surface area contributed by atoms with Gasteiger partial charge in [-0.2, -0.15) is 0 Å². The van der Waals surface area contributed by atoms with Crippen LogP contribution < -0.4 is 5.73 Å². The van der Waals surface area contributed by atoms with E-state index < -0.39 is 0 Å². The van der Waals surface area contributed by atoms with Crippen LogP contribution in [0.25, 0.3) is 0 Å². The fourth-order valence-electron chi connectivity index (χ4n) is 2.20. The van der Waals surface area contributed by atoms with Gasteiger partial charge in [-0.15, -0.1) is 0 Å². The lowest BCUT2D eigenvalue weighted by molar-refractivity contribution is -0.145. The summed E-state index contributed by atoms with van der Waals surface area (Å²) in [4.78, 5) is 16.3. The van der Waals surface area contributed by atoms with E-state index in [4.69, 9.17) is 10.5 Å². The molecular formula is C14H18N2O2. The van der Waals surface area contributed by atoms with E-state index in [1.165, 1.54) is 0 Å². The van der Waals surface area contributed by atoms with Gasteiger partial charge in [0.2, 0.25) is 0 Å². The molecule has 0 aromatic heterocycles. The highest BCUT2D eigenvalue weighted by atomic mass is 16.5. The van der Waals surface area contributed by atoms with E-state index in [0.29, 0.717) is 12.3 Å². The molecule has 0 saturated heterocycles. The Kier molecular flexibility index (Phi) is 3.97. The van der Waals surface area contributed by atoms with Gasteiger partial charge >= 0.3 is 5.97 Å². The highest BCUT2D eigenvalue weighted by Gasteiger charge is 2.30. The maximum atomic E-state index is 11.8. The van der Waals surface area contributed by atoms with E-state index in [1.807, 2.05) is 31.2 Å². The molecule has 0 aliphatic heterocycles. The Bertz CT molecular complexity index is 469. The molecule has 0 spiro atoms. The Morgan fingerprint density at radius 2 is 2.28 bits per heavy atom. The van der Waals surface area contributed by atoms with Crippen molar-refractivity contribution in [2.24, 2.45) is 10.9 Å². The van der Waals surface area contributed by atoms with Gasteiger partial charge in [0, 0.05) is 5.71 Å². The molecule has 1 unspecified atom stereocenters. The molecule has 2 N–H and O–H groups in total. The van der Waals surface area contributed by atoms with Gasteiger partial charge in [0.05, 0.1) is 23.9 Å². The van der Waals surface area contributed by atoms with E-state index in [1.54, 1.807) is 0 Å². The normalized spacial score (nSPS) is 21.2. The van der Waals surface area contributed by atoms with Crippen molar-refractivity contribution in [3.63, 3.8) is 0 Å². The first-order valence-corrected chi connectivity index (χ1v) is 6.31. The average molecular weight is 246 g/mol. The minimum absolute atomic E-state index is 0.164. The fourth-order valence-corrected chi connectivity index (χ4v) is 2.20. The standard InChI is InChI=1S/C14H18N2O2/c1-2-18-14(17)10-6-5-9-12(10)16-13-8-4-3-7-11(13)15/h3-4,7-8,10H,2,5-6,9,15H2,1H3. The predicted octanol–water partition coefficient (Wildman–Crippen LogP) is 2.70. The summed E-state index contributed by atoms with van der Waals surface area (Å²) in [5, 5.41) is 0. The Morgan fingerprint density at radius 1 is 1.50 bits per heavy atom. The van der Waals surface area contributed by atoms with Crippen molar-refractivity contribution in [1.29, 1.82) is 0 Å². The Morgan fingerprint density at radius 3 is 3.00 bits per heavy atom. The van der Waals surface area contributed by atoms with Crippen LogP contribution in [-0.4, -0.2) is 18.3 Å². The summed E-state index contributed by atoms with van der Waals surface area (Å²) in [6.45, 7) is 2.23. The first kappa shape index (κ1) is 12.6. The van der Waals surface area contributed by atoms with Crippen LogP contribution in [0, 0.1) is 5.92 Å². The number of aliphatic imine (C=N–C) groups is 1. The van der Waals surface area contributed by atoms with Crippen LogP contribution >= 0.6 is 0 Å². The molecule has 1 aliphatic rings. The number of para-hydroxylation sites is 2. The Hall–Kier alpha value is -1.84. The second-order valence-corrected chi connectivity index (χ2v) is 4.36. The molecule has 4 nitrogen and oxygen atoms in total. The molecule has 0 radical (unpaired) electrons. The second kappa shape index (κ2) is 5.67. The fraction of sp³-hybridized carbons (Fsp3) is 0.429. The molecule has 0 amide bonds. The van der Waals surface area contributed by atoms with E-state index in [9.17, 15) is 4.79 Å². The lowest BCUT2D eigenvalue weighted by atomic mass is 10.1. The zero-order valence-corrected chi connectivity index (χ0v) is 10.6. The summed E-state index contributed by atoms with van der Waals surface area (Å²) in [6.07, 6.45) is 2.65. The van der Waals surface area contributed by atoms with Gasteiger partial charge in [-0.05, 0) is 38.3 Å². The van der Waals surface area contributed by atoms with Crippen LogP contribution in [0.4, 0.5) is 11.4 Å². The molecule has 2 rings (SSSR count). The number of anilines is 1. The van der Waals surface area contributed by atoms with Crippen molar-refractivity contribution >= 4 is 23.1 Å². The van der Waals surface area contributed by atoms with Gasteiger partial charge in [-0.25, -0.2) is 0 Å². The number of carbonyl (C=O) groups is 1. The number of nitrogens with two attached hydrogens (primary N) is 1. The van der Waals surface area contributed by atoms with Gasteiger partial charge < -0.3 is 10.5 Å². The van der Waals surface area contributed by atoms with Crippen LogP contribution in [0.15, 0.2) is 29.3 Å². The first-order valence-electron chi connectivity index (χ1n) is 6.31. The summed E-state index contributed by atoms with van der Waals surface area (Å²) < 4.78 is 5.07. The topological polar surface area (TPSA) is 64.7 Å². The number of rotatable bonds is 3. The number of nitrogen functional groups attached to an aromatic ring is 1. The third-order valence-electron chi connectivity index (χ3n) is 3.10. The number of hydrogen-bond acceptors (Lipinski definition) is 4. The SMILES string of the molecule is CCOC(=O)C1CCCC1=Nc1ccccc1N. The molecule has 96 valence electrons. The van der Waals surface area contributed by atoms with Crippen molar-refractivity contribution in [2.75, 3.05) is 12.3 Å². The minimum atomic E-state index is -0.190. The monoisotopic (exact) mass is 246 g/mol. The van der Waals surface area contributed by atoms with Gasteiger partial charge in [0.1, 0.15) is 0 Å². The number of nitrogens with zero attached hydrogens (tertiary/aromatic N) is 1. The summed E-state index contributed by atoms with van der Waals surface area (Å²) in [5.41, 5.74) is 8.13. The number of esters is 1. The smallest absolute Gasteiger partial charge is 0.314 e. The van der Waals surface area contributed by atoms with Crippen molar-refractivity contribution in [3.05, 3.63) is 24.3 Å². The van der Waals surface area contributed by atoms with E-state index in [0.717, 1.165) is 30.7 Å². The number of carbonyl (C=O) groups excluding carboxylic acids is 1. The Labute approximate surface area is 107 Å². The number of ether oxygens (including phenoxy) is 1. The Balaban J connectivity index is 2.21. The van der Waals surface area contributed by atoms with Crippen molar-refractivity contribution < 1.29 is 9.53 Å². The highest BCUT2D eigenvalue weighted by molar-refractivity contribution is 6.05. The molecule has 0 bridgehead atoms. The molecule has 1 fully saturated rings. The molecule has 1 saturated carbocycles. The van der Waals surface area contributed by atoms with Crippen molar-refractivity contribution in [3.8, 4) is 0 Å². The van der Waals surface area contributed by atoms with Gasteiger partial charge in [0.25, 0.3) is 0 Å². The zero-order chi connectivity index (χ0) is 13.0. The van der Waals surface area contributed by atoms with Crippen molar-refractivity contribution in [2.45, 2.75) is 26.2 Å². The van der Waals surface area contributed by atoms with Gasteiger partial charge in [-0.3, -0.25) is 9.79 Å². The second-order valence-electron chi connectivity index (χ2n) is 4.36. The van der Waals surface area contributed by atoms with Crippen LogP contribution in [-0.2, 0) is 9.53 Å². The van der Waals surface area contributed by atoms with E-state index in [2.05, 4.69) is 4.99 Å². The average Bonchev–Trinajstić information content (AvgIpc) is 2.81. The quantitative estimate of drug-likeness (QED) is 0.658. The summed E-state index contributed by atoms with van der Waals surface area (Å²) in [6, 6.07) is 7.44. The molecule has 1 aromatic carbocycles. The first-order chi connectivity index (χ1) is 8.72. The largest absolute Gasteiger partial charge is 0.465 e. The minimum Gasteiger partial charge on any atom is -0.465 e. The predicted molar refractivity (Wildman–Crippen MR) is 71.9 cm³/mol. The van der Waals surface area contributed by atoms with Crippen LogP contribution in [0.1, 0.15) is 26.2 Å². The molecule has 18 heavy (non-hydrogen) atoms. The molecule has 4 heteroatoms. The third-order valence-corrected chi connectivity index (χ3v) is 3.10. The van der Waals surface area contributed by atoms with Crippen LogP contribution in [0.5, 0.6) is 0 Å². The van der Waals surface area contributed by atoms with E-state index >= 15 is 0 Å². The van der Waals surface area contributed by atoms with Crippen molar-refractivity contribution in [1.82, 2.24) is 0 Å². The third kappa shape index (κ3) is 2.70. The van der Waals surface area contributed by atoms with Gasteiger partial charge in [-0.1, -0.05) is 12.1 Å². The summed E-state index contributed by atoms with van der Waals surface area (Å²) >= 11 is 0. The van der Waals surface area contributed by atoms with Crippen LogP contribution in [0.3, 0.4) is 0 Å². The maximum absolute atomic E-state index is 11.8. The van der Waals surface area contributed by atoms with E-state index in [-0.39, 0.29) is 11.9 Å². The number of hydrogen-bond donors (Lipinski definition) is 1. The van der Waals surface area contributed by atoms with Gasteiger partial charge in [0.15, 0.2) is 0 Å². The number of benzene rings is 1. The maximum Gasteiger partial charge on any atom is 0.314 e. The highest BCUT2D eigenvalue weighted by Crippen LogP contribution is 2.29. The summed E-state index contributed by atoms with van der Waals surface area (Å²) in [5.74, 6) is -0.354. The van der Waals surface area contributed by atoms with Crippen LogP contribution in [0.2, 0.25) is 0 Å². The molecule has 1 aliphatic carbocycles. The molecule has 1 atom stereocenters. The molecular weight excluding hydrogens is 228 g/mol. The molecule has 0 heterocycles.